The van der Waals surface area contributed by atoms with Gasteiger partial charge in [-0.05, 0) is 24.8 Å². The van der Waals surface area contributed by atoms with E-state index >= 15 is 0 Å². The van der Waals surface area contributed by atoms with Crippen LogP contribution in [-0.4, -0.2) is 29.8 Å². The Kier molecular flexibility index (Phi) is 6.20. The van der Waals surface area contributed by atoms with Crippen LogP contribution >= 0.6 is 0 Å². The largest absolute Gasteiger partial charge is 0.352 e. The molecule has 4 nitrogen and oxygen atoms in total. The summed E-state index contributed by atoms with van der Waals surface area (Å²) in [6.45, 7) is 6.06. The molecular weight excluding hydrogens is 288 g/mol. The van der Waals surface area contributed by atoms with Crippen LogP contribution in [-0.2, 0) is 16.1 Å². The first-order valence-corrected chi connectivity index (χ1v) is 8.65. The fourth-order valence-electron chi connectivity index (χ4n) is 2.95. The number of carbonyl (C=O) groups is 2. The highest BCUT2D eigenvalue weighted by Crippen LogP contribution is 2.31. The van der Waals surface area contributed by atoms with Gasteiger partial charge in [0.15, 0.2) is 0 Å². The quantitative estimate of drug-likeness (QED) is 0.876. The molecule has 1 aliphatic heterocycles. The first kappa shape index (κ1) is 17.5. The van der Waals surface area contributed by atoms with Gasteiger partial charge in [0.25, 0.3) is 0 Å². The minimum Gasteiger partial charge on any atom is -0.352 e. The van der Waals surface area contributed by atoms with Gasteiger partial charge < -0.3 is 10.2 Å². The van der Waals surface area contributed by atoms with E-state index < -0.39 is 0 Å². The molecule has 2 rings (SSSR count). The number of hydrogen-bond donors (Lipinski definition) is 1. The summed E-state index contributed by atoms with van der Waals surface area (Å²) in [4.78, 5) is 26.5. The number of carbonyl (C=O) groups excluding carboxylic acids is 2. The summed E-state index contributed by atoms with van der Waals surface area (Å²) >= 11 is 0. The number of amides is 2. The number of rotatable bonds is 6. The molecule has 0 aliphatic carbocycles. The van der Waals surface area contributed by atoms with Gasteiger partial charge in [-0.1, -0.05) is 50.6 Å². The number of nitrogens with one attached hydrogen (secondary N) is 1. The van der Waals surface area contributed by atoms with E-state index in [4.69, 9.17) is 0 Å². The molecule has 126 valence electrons. The van der Waals surface area contributed by atoms with Crippen LogP contribution in [0.2, 0.25) is 0 Å². The summed E-state index contributed by atoms with van der Waals surface area (Å²) in [5, 5.41) is 3.05. The van der Waals surface area contributed by atoms with Gasteiger partial charge in [-0.2, -0.15) is 0 Å². The molecule has 1 aromatic rings. The van der Waals surface area contributed by atoms with Gasteiger partial charge in [-0.25, -0.2) is 0 Å². The highest BCUT2D eigenvalue weighted by Gasteiger charge is 2.37. The molecule has 0 bridgehead atoms. The third kappa shape index (κ3) is 4.81. The third-order valence-corrected chi connectivity index (χ3v) is 4.81. The van der Waals surface area contributed by atoms with Gasteiger partial charge >= 0.3 is 0 Å². The average Bonchev–Trinajstić information content (AvgIpc) is 2.59. The molecule has 0 aromatic heterocycles. The number of likely N-dealkylation sites (tertiary alicyclic amines) is 1. The molecule has 0 saturated carbocycles. The summed E-state index contributed by atoms with van der Waals surface area (Å²) in [5.74, 6) is 0.334. The van der Waals surface area contributed by atoms with E-state index in [9.17, 15) is 9.59 Å². The Morgan fingerprint density at radius 1 is 1.17 bits per heavy atom. The minimum atomic E-state index is -0.365. The zero-order valence-electron chi connectivity index (χ0n) is 14.3. The smallest absolute Gasteiger partial charge is 0.226 e. The molecule has 0 spiro atoms. The second-order valence-corrected chi connectivity index (χ2v) is 6.71. The summed E-state index contributed by atoms with van der Waals surface area (Å²) in [6.07, 6.45) is 4.10. The highest BCUT2D eigenvalue weighted by molar-refractivity contribution is 5.83. The molecule has 0 radical (unpaired) electrons. The topological polar surface area (TPSA) is 49.4 Å². The molecule has 0 unspecified atom stereocenters. The lowest BCUT2D eigenvalue weighted by Gasteiger charge is -2.38. The second kappa shape index (κ2) is 8.14. The highest BCUT2D eigenvalue weighted by atomic mass is 16.2. The SMILES string of the molecule is CCCCC(=O)N1CCC(C)(C(=O)NCc2ccccc2)CC1. The fraction of sp³-hybridized carbons (Fsp3) is 0.579. The number of hydrogen-bond acceptors (Lipinski definition) is 2. The van der Waals surface area contributed by atoms with Crippen LogP contribution in [0.5, 0.6) is 0 Å². The van der Waals surface area contributed by atoms with Crippen LogP contribution in [0, 0.1) is 5.41 Å². The zero-order valence-corrected chi connectivity index (χ0v) is 14.3. The lowest BCUT2D eigenvalue weighted by atomic mass is 9.79. The Morgan fingerprint density at radius 2 is 1.83 bits per heavy atom. The van der Waals surface area contributed by atoms with Crippen molar-refractivity contribution < 1.29 is 9.59 Å². The van der Waals surface area contributed by atoms with E-state index in [0.29, 0.717) is 26.1 Å². The zero-order chi connectivity index (χ0) is 16.7. The molecule has 1 aliphatic rings. The van der Waals surface area contributed by atoms with E-state index in [1.807, 2.05) is 42.2 Å². The number of nitrogens with zero attached hydrogens (tertiary/aromatic N) is 1. The van der Waals surface area contributed by atoms with Crippen molar-refractivity contribution in [2.75, 3.05) is 13.1 Å². The van der Waals surface area contributed by atoms with Crippen LogP contribution in [0.15, 0.2) is 30.3 Å². The summed E-state index contributed by atoms with van der Waals surface area (Å²) in [7, 11) is 0. The first-order valence-electron chi connectivity index (χ1n) is 8.65. The lowest BCUT2D eigenvalue weighted by Crippen LogP contribution is -2.48. The number of benzene rings is 1. The maximum Gasteiger partial charge on any atom is 0.226 e. The average molecular weight is 316 g/mol. The summed E-state index contributed by atoms with van der Waals surface area (Å²) in [5.41, 5.74) is 0.743. The fourth-order valence-corrected chi connectivity index (χ4v) is 2.95. The van der Waals surface area contributed by atoms with E-state index in [1.165, 1.54) is 0 Å². The molecular formula is C19H28N2O2. The predicted octanol–water partition coefficient (Wildman–Crippen LogP) is 3.12. The van der Waals surface area contributed by atoms with Crippen molar-refractivity contribution in [1.82, 2.24) is 10.2 Å². The lowest BCUT2D eigenvalue weighted by molar-refractivity contribution is -0.139. The van der Waals surface area contributed by atoms with Crippen molar-refractivity contribution in [3.63, 3.8) is 0 Å². The monoisotopic (exact) mass is 316 g/mol. The molecule has 0 atom stereocenters. The molecule has 23 heavy (non-hydrogen) atoms. The van der Waals surface area contributed by atoms with Crippen LogP contribution in [0.3, 0.4) is 0 Å². The van der Waals surface area contributed by atoms with E-state index in [1.54, 1.807) is 0 Å². The normalized spacial score (nSPS) is 16.9. The van der Waals surface area contributed by atoms with Crippen molar-refractivity contribution in [3.8, 4) is 0 Å². The summed E-state index contributed by atoms with van der Waals surface area (Å²) in [6, 6.07) is 9.94. The first-order chi connectivity index (χ1) is 11.0. The van der Waals surface area contributed by atoms with Gasteiger partial charge in [-0.15, -0.1) is 0 Å². The molecule has 4 heteroatoms. The van der Waals surface area contributed by atoms with Crippen molar-refractivity contribution in [2.45, 2.75) is 52.5 Å². The van der Waals surface area contributed by atoms with Gasteiger partial charge in [0.1, 0.15) is 0 Å². The van der Waals surface area contributed by atoms with Crippen LogP contribution in [0.4, 0.5) is 0 Å². The molecule has 2 amide bonds. The van der Waals surface area contributed by atoms with E-state index in [2.05, 4.69) is 12.2 Å². The summed E-state index contributed by atoms with van der Waals surface area (Å²) < 4.78 is 0. The molecule has 1 fully saturated rings. The van der Waals surface area contributed by atoms with Crippen molar-refractivity contribution in [3.05, 3.63) is 35.9 Å². The van der Waals surface area contributed by atoms with E-state index in [-0.39, 0.29) is 17.2 Å². The van der Waals surface area contributed by atoms with Crippen LogP contribution in [0.25, 0.3) is 0 Å². The Hall–Kier alpha value is -1.84. The van der Waals surface area contributed by atoms with Crippen LogP contribution in [0.1, 0.15) is 51.5 Å². The maximum atomic E-state index is 12.5. The van der Waals surface area contributed by atoms with Crippen molar-refractivity contribution >= 4 is 11.8 Å². The molecule has 1 heterocycles. The number of piperidine rings is 1. The number of unbranched alkanes of at least 4 members (excludes halogenated alkanes) is 1. The van der Waals surface area contributed by atoms with Gasteiger partial charge in [0.2, 0.25) is 11.8 Å². The maximum absolute atomic E-state index is 12.5. The van der Waals surface area contributed by atoms with Crippen LogP contribution < -0.4 is 5.32 Å². The molecule has 1 saturated heterocycles. The Bertz CT molecular complexity index is 519. The van der Waals surface area contributed by atoms with Gasteiger partial charge in [-0.3, -0.25) is 9.59 Å². The van der Waals surface area contributed by atoms with Crippen molar-refractivity contribution in [1.29, 1.82) is 0 Å². The predicted molar refractivity (Wildman–Crippen MR) is 91.7 cm³/mol. The standard InChI is InChI=1S/C19H28N2O2/c1-3-4-10-17(22)21-13-11-19(2,12-14-21)18(23)20-15-16-8-6-5-7-9-16/h5-9H,3-4,10-15H2,1-2H3,(H,20,23). The van der Waals surface area contributed by atoms with Crippen molar-refractivity contribution in [2.24, 2.45) is 5.41 Å². The third-order valence-electron chi connectivity index (χ3n) is 4.81. The second-order valence-electron chi connectivity index (χ2n) is 6.71. The Morgan fingerprint density at radius 3 is 2.43 bits per heavy atom. The minimum absolute atomic E-state index is 0.0991. The molecule has 1 aromatic carbocycles. The molecule has 1 N–H and O–H groups in total. The van der Waals surface area contributed by atoms with Gasteiger partial charge in [0, 0.05) is 31.5 Å². The van der Waals surface area contributed by atoms with E-state index in [0.717, 1.165) is 31.2 Å². The Balaban J connectivity index is 1.81. The van der Waals surface area contributed by atoms with Gasteiger partial charge in [0.05, 0.1) is 0 Å². The Labute approximate surface area is 139 Å².